The van der Waals surface area contributed by atoms with Crippen LogP contribution in [0, 0.1) is 0 Å². The lowest BCUT2D eigenvalue weighted by Crippen LogP contribution is -2.52. The molecular weight excluding hydrogens is 350 g/mol. The molecule has 2 N–H and O–H groups in total. The molecule has 2 aromatic carbocycles. The summed E-state index contributed by atoms with van der Waals surface area (Å²) in [7, 11) is 0. The molecule has 0 bridgehead atoms. The third-order valence-corrected chi connectivity index (χ3v) is 5.54. The summed E-state index contributed by atoms with van der Waals surface area (Å²) in [6.45, 7) is 2.23. The molecule has 2 aliphatic rings. The first-order valence-electron chi connectivity index (χ1n) is 8.90. The van der Waals surface area contributed by atoms with Gasteiger partial charge in [-0.3, -0.25) is 4.79 Å². The Morgan fingerprint density at radius 1 is 1.12 bits per heavy atom. The lowest BCUT2D eigenvalue weighted by Gasteiger charge is -2.45. The minimum atomic E-state index is -0.512. The van der Waals surface area contributed by atoms with Crippen molar-refractivity contribution < 1.29 is 9.53 Å². The number of aldehydes is 1. The van der Waals surface area contributed by atoms with Crippen LogP contribution >= 0.6 is 11.6 Å². The number of nitrogens with zero attached hydrogens (tertiary/aromatic N) is 2. The van der Waals surface area contributed by atoms with E-state index >= 15 is 0 Å². The maximum absolute atomic E-state index is 11.6. The van der Waals surface area contributed by atoms with Gasteiger partial charge in [0.1, 0.15) is 0 Å². The SMILES string of the molecule is Nc1ccc(N2CCC(N3c4ccccc4COC3C=O)CC2)c(Cl)c1. The van der Waals surface area contributed by atoms with Gasteiger partial charge in [-0.25, -0.2) is 0 Å². The number of nitrogens with two attached hydrogens (primary N) is 1. The quantitative estimate of drug-likeness (QED) is 0.661. The van der Waals surface area contributed by atoms with E-state index in [2.05, 4.69) is 21.9 Å². The van der Waals surface area contributed by atoms with E-state index in [9.17, 15) is 4.79 Å². The number of hydrogen-bond donors (Lipinski definition) is 1. The summed E-state index contributed by atoms with van der Waals surface area (Å²) in [4.78, 5) is 16.0. The fourth-order valence-electron chi connectivity index (χ4n) is 3.95. The molecule has 2 aliphatic heterocycles. The molecule has 136 valence electrons. The predicted molar refractivity (Wildman–Crippen MR) is 105 cm³/mol. The number of piperidine rings is 1. The second kappa shape index (κ2) is 7.17. The summed E-state index contributed by atoms with van der Waals surface area (Å²) in [6.07, 6.45) is 2.26. The number of ether oxygens (including phenoxy) is 1. The molecule has 6 heteroatoms. The highest BCUT2D eigenvalue weighted by molar-refractivity contribution is 6.33. The highest BCUT2D eigenvalue weighted by atomic mass is 35.5. The Morgan fingerprint density at radius 2 is 1.88 bits per heavy atom. The van der Waals surface area contributed by atoms with Gasteiger partial charge < -0.3 is 20.3 Å². The smallest absolute Gasteiger partial charge is 0.187 e. The van der Waals surface area contributed by atoms with Crippen molar-refractivity contribution in [2.75, 3.05) is 28.6 Å². The third kappa shape index (κ3) is 3.13. The Morgan fingerprint density at radius 3 is 2.62 bits per heavy atom. The average Bonchev–Trinajstić information content (AvgIpc) is 2.67. The van der Waals surface area contributed by atoms with Gasteiger partial charge in [0.25, 0.3) is 0 Å². The Kier molecular flexibility index (Phi) is 4.74. The van der Waals surface area contributed by atoms with Gasteiger partial charge in [-0.05, 0) is 37.1 Å². The van der Waals surface area contributed by atoms with E-state index in [1.165, 1.54) is 0 Å². The van der Waals surface area contributed by atoms with Crippen LogP contribution in [0.15, 0.2) is 42.5 Å². The molecule has 0 amide bonds. The second-order valence-corrected chi connectivity index (χ2v) is 7.21. The van der Waals surface area contributed by atoms with Gasteiger partial charge in [0.2, 0.25) is 0 Å². The molecule has 5 nitrogen and oxygen atoms in total. The number of fused-ring (bicyclic) bond motifs is 1. The zero-order valence-electron chi connectivity index (χ0n) is 14.5. The van der Waals surface area contributed by atoms with E-state index in [1.54, 1.807) is 6.07 Å². The molecule has 4 rings (SSSR count). The van der Waals surface area contributed by atoms with Crippen molar-refractivity contribution in [1.82, 2.24) is 0 Å². The van der Waals surface area contributed by atoms with Gasteiger partial charge in [0, 0.05) is 36.1 Å². The Labute approximate surface area is 158 Å². The molecule has 26 heavy (non-hydrogen) atoms. The molecule has 0 radical (unpaired) electrons. The Bertz CT molecular complexity index is 805. The van der Waals surface area contributed by atoms with Gasteiger partial charge in [0.05, 0.1) is 17.3 Å². The number of nitrogen functional groups attached to an aromatic ring is 1. The monoisotopic (exact) mass is 371 g/mol. The third-order valence-electron chi connectivity index (χ3n) is 5.24. The number of hydrogen-bond acceptors (Lipinski definition) is 5. The van der Waals surface area contributed by atoms with Crippen molar-refractivity contribution in [2.24, 2.45) is 0 Å². The number of benzene rings is 2. The summed E-state index contributed by atoms with van der Waals surface area (Å²) < 4.78 is 5.77. The summed E-state index contributed by atoms with van der Waals surface area (Å²) in [5.74, 6) is 0. The molecule has 0 spiro atoms. The maximum Gasteiger partial charge on any atom is 0.187 e. The van der Waals surface area contributed by atoms with E-state index in [4.69, 9.17) is 22.1 Å². The minimum Gasteiger partial charge on any atom is -0.399 e. The topological polar surface area (TPSA) is 58.8 Å². The number of anilines is 3. The van der Waals surface area contributed by atoms with Crippen molar-refractivity contribution in [3.63, 3.8) is 0 Å². The molecular formula is C20H22ClN3O2. The lowest BCUT2D eigenvalue weighted by molar-refractivity contribution is -0.120. The van der Waals surface area contributed by atoms with Gasteiger partial charge >= 0.3 is 0 Å². The maximum atomic E-state index is 11.6. The van der Waals surface area contributed by atoms with Gasteiger partial charge in [-0.1, -0.05) is 29.8 Å². The van der Waals surface area contributed by atoms with Crippen LogP contribution in [0.2, 0.25) is 5.02 Å². The molecule has 2 aromatic rings. The number of para-hydroxylation sites is 1. The van der Waals surface area contributed by atoms with Crippen LogP contribution in [-0.2, 0) is 16.1 Å². The molecule has 1 saturated heterocycles. The standard InChI is InChI=1S/C20H22ClN3O2/c21-17-11-15(22)5-6-19(17)23-9-7-16(8-10-23)24-18-4-2-1-3-14(18)13-26-20(24)12-25/h1-6,11-12,16,20H,7-10,13,22H2. The molecule has 0 aliphatic carbocycles. The Hall–Kier alpha value is -2.24. The molecule has 1 fully saturated rings. The molecule has 0 saturated carbocycles. The van der Waals surface area contributed by atoms with Crippen LogP contribution in [0.5, 0.6) is 0 Å². The lowest BCUT2D eigenvalue weighted by atomic mass is 9.99. The second-order valence-electron chi connectivity index (χ2n) is 6.80. The highest BCUT2D eigenvalue weighted by Crippen LogP contribution is 2.35. The summed E-state index contributed by atoms with van der Waals surface area (Å²) in [6, 6.07) is 14.1. The summed E-state index contributed by atoms with van der Waals surface area (Å²) in [5, 5.41) is 0.681. The normalized spacial score (nSPS) is 20.7. The van der Waals surface area contributed by atoms with E-state index in [1.807, 2.05) is 24.3 Å². The van der Waals surface area contributed by atoms with Crippen LogP contribution in [0.1, 0.15) is 18.4 Å². The van der Waals surface area contributed by atoms with E-state index in [-0.39, 0.29) is 6.04 Å². The van der Waals surface area contributed by atoms with Crippen LogP contribution in [0.3, 0.4) is 0 Å². The Balaban J connectivity index is 1.53. The summed E-state index contributed by atoms with van der Waals surface area (Å²) >= 11 is 6.36. The first kappa shape index (κ1) is 17.2. The van der Waals surface area contributed by atoms with Crippen molar-refractivity contribution in [2.45, 2.75) is 31.7 Å². The largest absolute Gasteiger partial charge is 0.399 e. The van der Waals surface area contributed by atoms with Crippen molar-refractivity contribution in [1.29, 1.82) is 0 Å². The zero-order valence-corrected chi connectivity index (χ0v) is 15.2. The van der Waals surface area contributed by atoms with Crippen LogP contribution in [0.25, 0.3) is 0 Å². The van der Waals surface area contributed by atoms with E-state index < -0.39 is 6.23 Å². The molecule has 2 heterocycles. The number of carbonyl (C=O) groups excluding carboxylic acids is 1. The average molecular weight is 372 g/mol. The van der Waals surface area contributed by atoms with E-state index in [0.717, 1.165) is 49.2 Å². The zero-order chi connectivity index (χ0) is 18.1. The molecule has 0 aromatic heterocycles. The van der Waals surface area contributed by atoms with E-state index in [0.29, 0.717) is 17.3 Å². The van der Waals surface area contributed by atoms with Crippen molar-refractivity contribution in [3.05, 3.63) is 53.1 Å². The fraction of sp³-hybridized carbons (Fsp3) is 0.350. The van der Waals surface area contributed by atoms with Crippen molar-refractivity contribution >= 4 is 34.9 Å². The van der Waals surface area contributed by atoms with Gasteiger partial charge in [0.15, 0.2) is 12.5 Å². The molecule has 1 atom stereocenters. The van der Waals surface area contributed by atoms with Gasteiger partial charge in [-0.2, -0.15) is 0 Å². The predicted octanol–water partition coefficient (Wildman–Crippen LogP) is 3.45. The highest BCUT2D eigenvalue weighted by Gasteiger charge is 2.34. The fourth-order valence-corrected chi connectivity index (χ4v) is 4.26. The van der Waals surface area contributed by atoms with Crippen LogP contribution in [0.4, 0.5) is 17.1 Å². The van der Waals surface area contributed by atoms with Gasteiger partial charge in [-0.15, -0.1) is 0 Å². The minimum absolute atomic E-state index is 0.260. The van der Waals surface area contributed by atoms with Crippen molar-refractivity contribution in [3.8, 4) is 0 Å². The molecule has 1 unspecified atom stereocenters. The van der Waals surface area contributed by atoms with Crippen LogP contribution < -0.4 is 15.5 Å². The first-order chi connectivity index (χ1) is 12.7. The summed E-state index contributed by atoms with van der Waals surface area (Å²) in [5.41, 5.74) is 9.73. The van der Waals surface area contributed by atoms with Crippen LogP contribution in [-0.4, -0.2) is 31.6 Å². The number of rotatable bonds is 3. The number of halogens is 1. The number of carbonyl (C=O) groups is 1. The first-order valence-corrected chi connectivity index (χ1v) is 9.28.